The topological polar surface area (TPSA) is 193 Å². The number of aliphatic carboxylic acids is 3. The third kappa shape index (κ3) is 14.5. The molecule has 3 unspecified atom stereocenters. The summed E-state index contributed by atoms with van der Waals surface area (Å²) in [6.07, 6.45) is 5.52. The van der Waals surface area contributed by atoms with Crippen LogP contribution in [0.3, 0.4) is 0 Å². The van der Waals surface area contributed by atoms with Crippen LogP contribution in [0.1, 0.15) is 58.2 Å². The predicted octanol–water partition coefficient (Wildman–Crippen LogP) is 15.8. The second kappa shape index (κ2) is 26.4. The minimum atomic E-state index is -1.64. The minimum absolute atomic E-state index is 0.366. The van der Waals surface area contributed by atoms with E-state index in [1.54, 1.807) is 141 Å². The molecule has 3 atom stereocenters. The van der Waals surface area contributed by atoms with E-state index in [4.69, 9.17) is 83.8 Å². The summed E-state index contributed by atoms with van der Waals surface area (Å²) in [5.41, 5.74) is 0.169. The van der Waals surface area contributed by atoms with Gasteiger partial charge in [0, 0.05) is 102 Å². The van der Waals surface area contributed by atoms with Gasteiger partial charge >= 0.3 is 17.9 Å². The van der Waals surface area contributed by atoms with Gasteiger partial charge in [0.2, 0.25) is 16.8 Å². The highest BCUT2D eigenvalue weighted by Gasteiger charge is 2.41. The number of benzene rings is 6. The number of halogens is 6. The number of hydrogen-bond donors (Lipinski definition) is 3. The summed E-state index contributed by atoms with van der Waals surface area (Å²) in [7, 11) is 0. The largest absolute Gasteiger partial charge is 0.478 e. The maximum atomic E-state index is 12.1. The average Bonchev–Trinajstić information content (AvgIpc) is 4.44. The van der Waals surface area contributed by atoms with E-state index < -0.39 is 34.7 Å². The molecule has 15 nitrogen and oxygen atoms in total. The van der Waals surface area contributed by atoms with Crippen molar-refractivity contribution in [3.63, 3.8) is 0 Å². The van der Waals surface area contributed by atoms with Crippen molar-refractivity contribution in [2.24, 2.45) is 0 Å². The van der Waals surface area contributed by atoms with Crippen LogP contribution in [0.5, 0.6) is 17.2 Å². The summed E-state index contributed by atoms with van der Waals surface area (Å²) in [4.78, 5) is 36.3. The minimum Gasteiger partial charge on any atom is -0.478 e. The number of nitrogens with zero attached hydrogens (tertiary/aromatic N) is 6. The van der Waals surface area contributed by atoms with E-state index in [0.717, 1.165) is 0 Å². The van der Waals surface area contributed by atoms with Crippen molar-refractivity contribution in [3.05, 3.63) is 211 Å². The van der Waals surface area contributed by atoms with Gasteiger partial charge in [0.25, 0.3) is 0 Å². The second-order valence-corrected chi connectivity index (χ2v) is 21.1. The third-order valence-corrected chi connectivity index (χ3v) is 14.3. The summed E-state index contributed by atoms with van der Waals surface area (Å²) in [6.45, 7) is 12.6. The first-order valence-corrected chi connectivity index (χ1v) is 27.3. The van der Waals surface area contributed by atoms with Crippen LogP contribution in [-0.2, 0) is 50.8 Å². The maximum Gasteiger partial charge on any atom is 0.352 e. The van der Waals surface area contributed by atoms with E-state index in [9.17, 15) is 29.7 Å². The monoisotopic (exact) mass is 1210 g/mol. The van der Waals surface area contributed by atoms with Gasteiger partial charge in [-0.1, -0.05) is 106 Å². The van der Waals surface area contributed by atoms with Crippen LogP contribution in [-0.4, -0.2) is 62.6 Å². The van der Waals surface area contributed by atoms with Gasteiger partial charge in [-0.15, -0.1) is 0 Å². The zero-order valence-electron chi connectivity index (χ0n) is 44.5. The van der Waals surface area contributed by atoms with Crippen LogP contribution in [0.15, 0.2) is 164 Å². The molecule has 0 saturated heterocycles. The highest BCUT2D eigenvalue weighted by molar-refractivity contribution is 6.32. The molecular formula is C60H54Cl6N6O9. The van der Waals surface area contributed by atoms with Crippen LogP contribution in [0, 0.1) is 0 Å². The lowest BCUT2D eigenvalue weighted by molar-refractivity contribution is -0.155. The normalized spacial score (nSPS) is 13.2. The molecule has 0 saturated carbocycles. The number of rotatable bonds is 18. The molecule has 81 heavy (non-hydrogen) atoms. The molecule has 9 rings (SSSR count). The highest BCUT2D eigenvalue weighted by atomic mass is 35.5. The Hall–Kier alpha value is -7.50. The molecule has 0 amide bonds. The van der Waals surface area contributed by atoms with Gasteiger partial charge in [0.1, 0.15) is 17.2 Å². The Labute approximate surface area is 497 Å². The fourth-order valence-corrected chi connectivity index (χ4v) is 9.20. The quantitative estimate of drug-likeness (QED) is 0.0737. The Morgan fingerprint density at radius 2 is 0.642 bits per heavy atom. The Balaban J connectivity index is 0.000000175. The predicted molar refractivity (Wildman–Crippen MR) is 316 cm³/mol. The average molecular weight is 1220 g/mol. The number of aryl methyl sites for hydroxylation is 3. The van der Waals surface area contributed by atoms with E-state index in [2.05, 4.69) is 15.3 Å². The van der Waals surface area contributed by atoms with E-state index >= 15 is 0 Å². The second-order valence-electron chi connectivity index (χ2n) is 18.4. The molecule has 3 heterocycles. The molecule has 0 aliphatic rings. The Kier molecular flexibility index (Phi) is 19.9. The Morgan fingerprint density at radius 1 is 0.395 bits per heavy atom. The van der Waals surface area contributed by atoms with Gasteiger partial charge < -0.3 is 29.5 Å². The molecular weight excluding hydrogens is 1160 g/mol. The number of carboxylic acid groups (broad SMARTS) is 3. The molecule has 3 N–H and O–H groups in total. The first-order valence-electron chi connectivity index (χ1n) is 25.1. The van der Waals surface area contributed by atoms with Crippen LogP contribution in [0.4, 0.5) is 0 Å². The lowest BCUT2D eigenvalue weighted by Gasteiger charge is -2.28. The van der Waals surface area contributed by atoms with Crippen LogP contribution in [0.2, 0.25) is 30.1 Å². The van der Waals surface area contributed by atoms with E-state index in [0.29, 0.717) is 117 Å². The fourth-order valence-electron chi connectivity index (χ4n) is 8.11. The van der Waals surface area contributed by atoms with E-state index in [1.807, 2.05) is 57.6 Å². The summed E-state index contributed by atoms with van der Waals surface area (Å²) in [5, 5.41) is 45.9. The van der Waals surface area contributed by atoms with Crippen molar-refractivity contribution in [2.75, 3.05) is 0 Å². The molecule has 0 bridgehead atoms. The lowest BCUT2D eigenvalue weighted by atomic mass is 9.95. The highest BCUT2D eigenvalue weighted by Crippen LogP contribution is 2.41. The fraction of sp³-hybridized carbons (Fsp3) is 0.200. The van der Waals surface area contributed by atoms with Gasteiger partial charge in [0.05, 0.1) is 17.1 Å². The number of carboxylic acids is 3. The molecule has 0 fully saturated rings. The number of ether oxygens (including phenoxy) is 3. The summed E-state index contributed by atoms with van der Waals surface area (Å²) < 4.78 is 23.4. The van der Waals surface area contributed by atoms with Crippen LogP contribution in [0.25, 0.3) is 33.8 Å². The zero-order chi connectivity index (χ0) is 58.8. The van der Waals surface area contributed by atoms with Crippen molar-refractivity contribution < 1.29 is 43.9 Å². The maximum absolute atomic E-state index is 12.1. The van der Waals surface area contributed by atoms with E-state index in [1.165, 1.54) is 20.8 Å². The molecule has 9 aromatic rings. The summed E-state index contributed by atoms with van der Waals surface area (Å²) >= 11 is 36.6. The standard InChI is InChI=1S/3C20H18Cl2N2O3/c3*1-3-24-10-9-17(23-24)16-12-15(22)7-8-18(16)27-20(2,19(25)26)13-5-4-6-14(21)11-13/h3*4-12H,3H2,1-2H3,(H,25,26). The van der Waals surface area contributed by atoms with Crippen molar-refractivity contribution in [1.82, 2.24) is 29.3 Å². The SMILES string of the molecule is CCn1ccc(-c2cc(Cl)ccc2OC(C)(C(=O)O)c2cccc(Cl)c2)n1.CCn1ccc(-c2cc(Cl)ccc2OC(C)(C(=O)O)c2cccc(Cl)c2)n1.CCn1ccc(-c2cc(Cl)ccc2OC(C)(C(=O)O)c2cccc(Cl)c2)n1. The van der Waals surface area contributed by atoms with Crippen molar-refractivity contribution >= 4 is 87.5 Å². The number of hydrogen-bond acceptors (Lipinski definition) is 9. The van der Waals surface area contributed by atoms with Crippen molar-refractivity contribution in [1.29, 1.82) is 0 Å². The van der Waals surface area contributed by atoms with Crippen LogP contribution < -0.4 is 14.2 Å². The first-order chi connectivity index (χ1) is 38.5. The zero-order valence-corrected chi connectivity index (χ0v) is 49.0. The van der Waals surface area contributed by atoms with Gasteiger partial charge in [-0.2, -0.15) is 15.3 Å². The molecule has 0 aliphatic heterocycles. The summed E-state index contributed by atoms with van der Waals surface area (Å²) in [5.74, 6) is -2.30. The Bertz CT molecular complexity index is 3340. The number of carbonyl (C=O) groups is 3. The summed E-state index contributed by atoms with van der Waals surface area (Å²) in [6, 6.07) is 40.4. The first kappa shape index (κ1) is 61.1. The van der Waals surface area contributed by atoms with Crippen molar-refractivity contribution in [3.8, 4) is 51.0 Å². The van der Waals surface area contributed by atoms with Gasteiger partial charge in [-0.3, -0.25) is 14.0 Å². The molecule has 21 heteroatoms. The van der Waals surface area contributed by atoms with Gasteiger partial charge in [0.15, 0.2) is 0 Å². The molecule has 3 aromatic heterocycles. The molecule has 0 spiro atoms. The molecule has 420 valence electrons. The third-order valence-electron chi connectivity index (χ3n) is 12.8. The van der Waals surface area contributed by atoms with Crippen LogP contribution >= 0.6 is 69.6 Å². The molecule has 0 aliphatic carbocycles. The Morgan fingerprint density at radius 3 is 0.852 bits per heavy atom. The lowest BCUT2D eigenvalue weighted by Crippen LogP contribution is -2.38. The smallest absolute Gasteiger partial charge is 0.352 e. The molecule has 6 aromatic carbocycles. The number of aromatic nitrogens is 6. The van der Waals surface area contributed by atoms with E-state index in [-0.39, 0.29) is 0 Å². The van der Waals surface area contributed by atoms with Gasteiger partial charge in [-0.05, 0) is 151 Å². The molecule has 0 radical (unpaired) electrons. The van der Waals surface area contributed by atoms with Crippen molar-refractivity contribution in [2.45, 2.75) is 78.0 Å². The van der Waals surface area contributed by atoms with Gasteiger partial charge in [-0.25, -0.2) is 14.4 Å².